The molecule has 1 aliphatic heterocycles. The fourth-order valence-electron chi connectivity index (χ4n) is 3.10. The van der Waals surface area contributed by atoms with E-state index in [9.17, 15) is 4.79 Å². The van der Waals surface area contributed by atoms with Gasteiger partial charge in [-0.15, -0.1) is 0 Å². The first-order chi connectivity index (χ1) is 11.1. The van der Waals surface area contributed by atoms with E-state index in [1.165, 1.54) is 4.90 Å². The molecule has 0 aromatic heterocycles. The number of halogens is 1. The van der Waals surface area contributed by atoms with E-state index in [1.54, 1.807) is 14.2 Å². The van der Waals surface area contributed by atoms with Gasteiger partial charge in [-0.25, -0.2) is 0 Å². The molecule has 6 heteroatoms. The third kappa shape index (κ3) is 4.61. The highest BCUT2D eigenvalue weighted by atomic mass is 79.9. The summed E-state index contributed by atoms with van der Waals surface area (Å²) in [7, 11) is 3.30. The topological polar surface area (TPSA) is 49.2 Å². The summed E-state index contributed by atoms with van der Waals surface area (Å²) < 4.78 is 16.9. The Morgan fingerprint density at radius 2 is 2.04 bits per heavy atom. The second-order valence-corrected chi connectivity index (χ2v) is 6.63. The summed E-state index contributed by atoms with van der Waals surface area (Å²) in [5.41, 5.74) is 1.11. The average Bonchev–Trinajstić information content (AvgIpc) is 2.55. The Hall–Kier alpha value is -1.27. The van der Waals surface area contributed by atoms with E-state index in [0.717, 1.165) is 54.0 Å². The zero-order valence-electron chi connectivity index (χ0n) is 14.0. The molecule has 1 unspecified atom stereocenters. The molecule has 0 bridgehead atoms. The minimum absolute atomic E-state index is 0.00591. The van der Waals surface area contributed by atoms with E-state index in [2.05, 4.69) is 15.9 Å². The number of quaternary nitrogens is 1. The minimum Gasteiger partial charge on any atom is -0.496 e. The standard InChI is InChI=1S/C17H24BrNO4/c1-4-23-17(20)12-6-5-7-19(10-12)11-13-8-14(18)16(22-3)9-15(13)21-2/h8-9,12H,4-7,10-11H2,1-3H3/p+1/t12-/m1/s1. The van der Waals surface area contributed by atoms with Crippen molar-refractivity contribution < 1.29 is 23.9 Å². The Labute approximate surface area is 146 Å². The first kappa shape index (κ1) is 18.1. The molecule has 0 radical (unpaired) electrons. The number of carbonyl (C=O) groups excluding carboxylic acids is 1. The van der Waals surface area contributed by atoms with E-state index in [-0.39, 0.29) is 11.9 Å². The first-order valence-electron chi connectivity index (χ1n) is 7.99. The number of hydrogen-bond acceptors (Lipinski definition) is 4. The van der Waals surface area contributed by atoms with Gasteiger partial charge in [0.1, 0.15) is 24.0 Å². The molecular weight excluding hydrogens is 362 g/mol. The number of ether oxygens (including phenoxy) is 3. The van der Waals surface area contributed by atoms with Gasteiger partial charge in [0, 0.05) is 11.6 Å². The van der Waals surface area contributed by atoms with Crippen LogP contribution in [0.1, 0.15) is 25.3 Å². The van der Waals surface area contributed by atoms with Crippen molar-refractivity contribution in [2.24, 2.45) is 5.92 Å². The summed E-state index contributed by atoms with van der Waals surface area (Å²) in [6.07, 6.45) is 1.96. The summed E-state index contributed by atoms with van der Waals surface area (Å²) in [5.74, 6) is 1.51. The van der Waals surface area contributed by atoms with Crippen LogP contribution < -0.4 is 14.4 Å². The number of carbonyl (C=O) groups is 1. The number of benzene rings is 1. The van der Waals surface area contributed by atoms with Crippen LogP contribution >= 0.6 is 15.9 Å². The molecule has 1 aliphatic rings. The Kier molecular flexibility index (Phi) is 6.72. The molecule has 0 amide bonds. The van der Waals surface area contributed by atoms with Crippen LogP contribution in [0.3, 0.4) is 0 Å². The Morgan fingerprint density at radius 1 is 1.30 bits per heavy atom. The quantitative estimate of drug-likeness (QED) is 0.757. The van der Waals surface area contributed by atoms with Crippen LogP contribution in [0.15, 0.2) is 16.6 Å². The minimum atomic E-state index is -0.0624. The Morgan fingerprint density at radius 3 is 2.70 bits per heavy atom. The largest absolute Gasteiger partial charge is 0.496 e. The number of esters is 1. The van der Waals surface area contributed by atoms with Gasteiger partial charge < -0.3 is 19.1 Å². The van der Waals surface area contributed by atoms with E-state index >= 15 is 0 Å². The summed E-state index contributed by atoms with van der Waals surface area (Å²) in [6, 6.07) is 3.93. The van der Waals surface area contributed by atoms with Crippen LogP contribution in [0.5, 0.6) is 11.5 Å². The second-order valence-electron chi connectivity index (χ2n) is 5.77. The van der Waals surface area contributed by atoms with E-state index in [0.29, 0.717) is 6.61 Å². The van der Waals surface area contributed by atoms with Crippen LogP contribution in [0.2, 0.25) is 0 Å². The fourth-order valence-corrected chi connectivity index (χ4v) is 3.66. The molecular formula is C17H25BrNO4+. The zero-order chi connectivity index (χ0) is 16.8. The predicted molar refractivity (Wildman–Crippen MR) is 91.0 cm³/mol. The maximum absolute atomic E-state index is 12.0. The van der Waals surface area contributed by atoms with Gasteiger partial charge >= 0.3 is 5.97 Å². The summed E-state index contributed by atoms with van der Waals surface area (Å²) in [4.78, 5) is 13.4. The molecule has 128 valence electrons. The molecule has 1 saturated heterocycles. The Balaban J connectivity index is 2.09. The van der Waals surface area contributed by atoms with Crippen molar-refractivity contribution in [2.45, 2.75) is 26.3 Å². The van der Waals surface area contributed by atoms with E-state index in [4.69, 9.17) is 14.2 Å². The normalized spacial score (nSPS) is 20.9. The third-order valence-electron chi connectivity index (χ3n) is 4.23. The molecule has 5 nitrogen and oxygen atoms in total. The average molecular weight is 387 g/mol. The number of nitrogens with one attached hydrogen (secondary N) is 1. The molecule has 1 fully saturated rings. The molecule has 2 rings (SSSR count). The van der Waals surface area contributed by atoms with Crippen LogP contribution in [0, 0.1) is 5.92 Å². The number of hydrogen-bond donors (Lipinski definition) is 1. The molecule has 0 spiro atoms. The van der Waals surface area contributed by atoms with Gasteiger partial charge in [-0.2, -0.15) is 0 Å². The van der Waals surface area contributed by atoms with Crippen molar-refractivity contribution in [3.05, 3.63) is 22.2 Å². The van der Waals surface area contributed by atoms with Gasteiger partial charge in [0.25, 0.3) is 0 Å². The molecule has 1 aromatic rings. The number of piperidine rings is 1. The molecule has 1 aromatic carbocycles. The van der Waals surface area contributed by atoms with Gasteiger partial charge in [0.05, 0.1) is 38.4 Å². The highest BCUT2D eigenvalue weighted by molar-refractivity contribution is 9.10. The van der Waals surface area contributed by atoms with Gasteiger partial charge in [0.15, 0.2) is 0 Å². The SMILES string of the molecule is CCOC(=O)[C@@H]1CCC[NH+](Cc2cc(Br)c(OC)cc2OC)C1. The highest BCUT2D eigenvalue weighted by Crippen LogP contribution is 2.32. The van der Waals surface area contributed by atoms with Crippen LogP contribution in [-0.2, 0) is 16.1 Å². The maximum atomic E-state index is 12.0. The van der Waals surface area contributed by atoms with Crippen molar-refractivity contribution in [3.63, 3.8) is 0 Å². The van der Waals surface area contributed by atoms with Gasteiger partial charge in [-0.3, -0.25) is 4.79 Å². The van der Waals surface area contributed by atoms with Gasteiger partial charge in [0.2, 0.25) is 0 Å². The number of likely N-dealkylation sites (tertiary alicyclic amines) is 1. The van der Waals surface area contributed by atoms with Crippen molar-refractivity contribution in [3.8, 4) is 11.5 Å². The molecule has 2 atom stereocenters. The monoisotopic (exact) mass is 386 g/mol. The summed E-state index contributed by atoms with van der Waals surface area (Å²) in [6.45, 7) is 4.99. The van der Waals surface area contributed by atoms with Crippen molar-refractivity contribution >= 4 is 21.9 Å². The van der Waals surface area contributed by atoms with E-state index < -0.39 is 0 Å². The third-order valence-corrected chi connectivity index (χ3v) is 4.85. The van der Waals surface area contributed by atoms with Crippen LogP contribution in [-0.4, -0.2) is 39.9 Å². The summed E-state index contributed by atoms with van der Waals surface area (Å²) in [5, 5.41) is 0. The predicted octanol–water partition coefficient (Wildman–Crippen LogP) is 1.82. The van der Waals surface area contributed by atoms with Crippen molar-refractivity contribution in [1.29, 1.82) is 0 Å². The van der Waals surface area contributed by atoms with Gasteiger partial charge in [-0.05, 0) is 41.8 Å². The smallest absolute Gasteiger partial charge is 0.314 e. The first-order valence-corrected chi connectivity index (χ1v) is 8.78. The highest BCUT2D eigenvalue weighted by Gasteiger charge is 2.30. The number of rotatable bonds is 6. The number of methoxy groups -OCH3 is 2. The maximum Gasteiger partial charge on any atom is 0.314 e. The lowest BCUT2D eigenvalue weighted by atomic mass is 9.97. The molecule has 1 heterocycles. The van der Waals surface area contributed by atoms with Crippen molar-refractivity contribution in [2.75, 3.05) is 33.9 Å². The lowest BCUT2D eigenvalue weighted by molar-refractivity contribution is -0.921. The lowest BCUT2D eigenvalue weighted by Crippen LogP contribution is -3.12. The molecule has 1 N–H and O–H groups in total. The molecule has 23 heavy (non-hydrogen) atoms. The molecule has 0 saturated carbocycles. The van der Waals surface area contributed by atoms with Crippen molar-refractivity contribution in [1.82, 2.24) is 0 Å². The second kappa shape index (κ2) is 8.55. The summed E-state index contributed by atoms with van der Waals surface area (Å²) >= 11 is 3.53. The fraction of sp³-hybridized carbons (Fsp3) is 0.588. The lowest BCUT2D eigenvalue weighted by Gasteiger charge is -2.29. The van der Waals surface area contributed by atoms with E-state index in [1.807, 2.05) is 19.1 Å². The Bertz CT molecular complexity index is 550. The van der Waals surface area contributed by atoms with Crippen LogP contribution in [0.4, 0.5) is 0 Å². The zero-order valence-corrected chi connectivity index (χ0v) is 15.6. The van der Waals surface area contributed by atoms with Crippen LogP contribution in [0.25, 0.3) is 0 Å². The van der Waals surface area contributed by atoms with Gasteiger partial charge in [-0.1, -0.05) is 0 Å². The molecule has 0 aliphatic carbocycles.